The Bertz CT molecular complexity index is 796. The number of aryl methyl sites for hydroxylation is 1. The molecule has 1 unspecified atom stereocenters. The minimum absolute atomic E-state index is 0.00797. The molecule has 1 aliphatic rings. The monoisotopic (exact) mass is 349 g/mol. The maximum atomic E-state index is 12.3. The van der Waals surface area contributed by atoms with Crippen molar-refractivity contribution in [2.75, 3.05) is 23.3 Å². The van der Waals surface area contributed by atoms with Gasteiger partial charge in [0.25, 0.3) is 0 Å². The Kier molecular flexibility index (Phi) is 5.71. The number of unbranched alkanes of at least 4 members (excludes halogenated alkanes) is 1. The predicted molar refractivity (Wildman–Crippen MR) is 110 cm³/mol. The Balaban J connectivity index is 1.75. The molecule has 3 rings (SSSR count). The van der Waals surface area contributed by atoms with Gasteiger partial charge < -0.3 is 10.2 Å². The van der Waals surface area contributed by atoms with Gasteiger partial charge in [-0.2, -0.15) is 0 Å². The molecule has 0 radical (unpaired) electrons. The first-order valence-electron chi connectivity index (χ1n) is 9.43. The molecule has 1 atom stereocenters. The van der Waals surface area contributed by atoms with Gasteiger partial charge in [-0.3, -0.25) is 9.79 Å². The Morgan fingerprint density at radius 1 is 1.15 bits per heavy atom. The van der Waals surface area contributed by atoms with Crippen LogP contribution in [0.5, 0.6) is 0 Å². The number of rotatable bonds is 7. The van der Waals surface area contributed by atoms with E-state index >= 15 is 0 Å². The summed E-state index contributed by atoms with van der Waals surface area (Å²) in [6.45, 7) is 8.50. The molecule has 2 aromatic carbocycles. The number of anilines is 2. The number of carbonyl (C=O) groups is 1. The average molecular weight is 349 g/mol. The van der Waals surface area contributed by atoms with Crippen LogP contribution in [0.15, 0.2) is 47.5 Å². The fourth-order valence-electron chi connectivity index (χ4n) is 3.42. The molecular formula is C22H27N3O. The lowest BCUT2D eigenvalue weighted by Gasteiger charge is -2.22. The first kappa shape index (κ1) is 18.2. The summed E-state index contributed by atoms with van der Waals surface area (Å²) in [5, 5.41) is 2.94. The molecule has 4 heteroatoms. The molecule has 0 spiro atoms. The fourth-order valence-corrected chi connectivity index (χ4v) is 3.42. The second kappa shape index (κ2) is 8.17. The van der Waals surface area contributed by atoms with Crippen LogP contribution in [0.3, 0.4) is 0 Å². The Morgan fingerprint density at radius 2 is 1.92 bits per heavy atom. The van der Waals surface area contributed by atoms with E-state index in [0.717, 1.165) is 35.6 Å². The maximum Gasteiger partial charge on any atom is 0.237 e. The molecule has 1 amide bonds. The lowest BCUT2D eigenvalue weighted by molar-refractivity contribution is -0.115. The number of benzene rings is 2. The van der Waals surface area contributed by atoms with Crippen LogP contribution in [0.2, 0.25) is 0 Å². The average Bonchev–Trinajstić information content (AvgIpc) is 2.98. The number of hydrogen-bond donors (Lipinski definition) is 1. The Morgan fingerprint density at radius 3 is 2.62 bits per heavy atom. The summed E-state index contributed by atoms with van der Waals surface area (Å²) >= 11 is 0. The largest absolute Gasteiger partial charge is 0.372 e. The highest BCUT2D eigenvalue weighted by Gasteiger charge is 2.30. The van der Waals surface area contributed by atoms with Gasteiger partial charge in [0, 0.05) is 30.7 Å². The van der Waals surface area contributed by atoms with Crippen molar-refractivity contribution in [1.82, 2.24) is 0 Å². The Labute approximate surface area is 155 Å². The van der Waals surface area contributed by atoms with Crippen molar-refractivity contribution in [3.63, 3.8) is 0 Å². The first-order chi connectivity index (χ1) is 12.6. The van der Waals surface area contributed by atoms with E-state index in [0.29, 0.717) is 0 Å². The summed E-state index contributed by atoms with van der Waals surface area (Å²) in [5.41, 5.74) is 5.14. The van der Waals surface area contributed by atoms with Crippen LogP contribution in [0.1, 0.15) is 43.7 Å². The van der Waals surface area contributed by atoms with E-state index in [9.17, 15) is 4.79 Å². The van der Waals surface area contributed by atoms with E-state index in [4.69, 9.17) is 0 Å². The third-order valence-corrected chi connectivity index (χ3v) is 4.93. The van der Waals surface area contributed by atoms with Crippen LogP contribution in [0, 0.1) is 6.92 Å². The van der Waals surface area contributed by atoms with Crippen molar-refractivity contribution in [1.29, 1.82) is 0 Å². The molecule has 2 aromatic rings. The van der Waals surface area contributed by atoms with Crippen LogP contribution in [-0.4, -0.2) is 25.2 Å². The summed E-state index contributed by atoms with van der Waals surface area (Å²) in [6.07, 6.45) is 4.16. The van der Waals surface area contributed by atoms with Crippen molar-refractivity contribution >= 4 is 29.2 Å². The van der Waals surface area contributed by atoms with Gasteiger partial charge in [-0.05, 0) is 61.7 Å². The first-order valence-corrected chi connectivity index (χ1v) is 9.43. The van der Waals surface area contributed by atoms with Crippen molar-refractivity contribution in [3.05, 3.63) is 53.6 Å². The number of fused-ring (bicyclic) bond motifs is 1. The van der Waals surface area contributed by atoms with E-state index in [2.05, 4.69) is 41.2 Å². The third kappa shape index (κ3) is 3.79. The predicted octanol–water partition coefficient (Wildman–Crippen LogP) is 5.06. The zero-order valence-electron chi connectivity index (χ0n) is 15.8. The van der Waals surface area contributed by atoms with Gasteiger partial charge in [0.1, 0.15) is 5.92 Å². The van der Waals surface area contributed by atoms with Crippen molar-refractivity contribution in [2.45, 2.75) is 39.5 Å². The minimum Gasteiger partial charge on any atom is -0.372 e. The summed E-state index contributed by atoms with van der Waals surface area (Å²) in [6, 6.07) is 14.2. The number of nitrogens with zero attached hydrogens (tertiary/aromatic N) is 2. The molecule has 0 bridgehead atoms. The van der Waals surface area contributed by atoms with E-state index in [1.807, 2.05) is 37.3 Å². The molecule has 1 aliphatic heterocycles. The standard InChI is InChI=1S/C22H27N3O/c1-4-6-14-25(5-2)18-12-10-17(11-13-18)23-15-19-21-16(3)8-7-9-20(21)24-22(19)26/h7-13,15,19H,4-6,14H2,1-3H3,(H,24,26). The van der Waals surface area contributed by atoms with Crippen LogP contribution >= 0.6 is 0 Å². The number of hydrogen-bond acceptors (Lipinski definition) is 3. The van der Waals surface area contributed by atoms with Gasteiger partial charge in [-0.25, -0.2) is 0 Å². The zero-order valence-corrected chi connectivity index (χ0v) is 15.8. The van der Waals surface area contributed by atoms with Crippen molar-refractivity contribution < 1.29 is 4.79 Å². The van der Waals surface area contributed by atoms with Crippen LogP contribution < -0.4 is 10.2 Å². The van der Waals surface area contributed by atoms with Gasteiger partial charge in [0.2, 0.25) is 5.91 Å². The highest BCUT2D eigenvalue weighted by atomic mass is 16.2. The maximum absolute atomic E-state index is 12.3. The minimum atomic E-state index is -0.317. The molecular weight excluding hydrogens is 322 g/mol. The number of carbonyl (C=O) groups excluding carboxylic acids is 1. The van der Waals surface area contributed by atoms with E-state index in [1.165, 1.54) is 18.5 Å². The molecule has 0 saturated carbocycles. The topological polar surface area (TPSA) is 44.7 Å². The summed E-state index contributed by atoms with van der Waals surface area (Å²) < 4.78 is 0. The molecule has 0 aliphatic carbocycles. The third-order valence-electron chi connectivity index (χ3n) is 4.93. The molecule has 1 N–H and O–H groups in total. The molecule has 0 aromatic heterocycles. The van der Waals surface area contributed by atoms with Crippen molar-refractivity contribution in [2.24, 2.45) is 4.99 Å². The summed E-state index contributed by atoms with van der Waals surface area (Å²) in [4.78, 5) is 19.2. The highest BCUT2D eigenvalue weighted by molar-refractivity contribution is 6.13. The molecule has 26 heavy (non-hydrogen) atoms. The SMILES string of the molecule is CCCCN(CC)c1ccc(N=CC2C(=O)Nc3cccc(C)c32)cc1. The fraction of sp³-hybridized carbons (Fsp3) is 0.364. The van der Waals surface area contributed by atoms with E-state index < -0.39 is 0 Å². The van der Waals surface area contributed by atoms with Gasteiger partial charge >= 0.3 is 0 Å². The molecule has 0 fully saturated rings. The normalized spacial score (nSPS) is 16.0. The van der Waals surface area contributed by atoms with Crippen LogP contribution in [0.4, 0.5) is 17.1 Å². The Hall–Kier alpha value is -2.62. The van der Waals surface area contributed by atoms with E-state index in [1.54, 1.807) is 6.21 Å². The second-order valence-electron chi connectivity index (χ2n) is 6.73. The lowest BCUT2D eigenvalue weighted by Crippen LogP contribution is -2.23. The quantitative estimate of drug-likeness (QED) is 0.710. The highest BCUT2D eigenvalue weighted by Crippen LogP contribution is 2.34. The number of aliphatic imine (C=N–C) groups is 1. The van der Waals surface area contributed by atoms with Crippen molar-refractivity contribution in [3.8, 4) is 0 Å². The summed E-state index contributed by atoms with van der Waals surface area (Å²) in [7, 11) is 0. The van der Waals surface area contributed by atoms with E-state index in [-0.39, 0.29) is 11.8 Å². The second-order valence-corrected chi connectivity index (χ2v) is 6.73. The lowest BCUT2D eigenvalue weighted by atomic mass is 9.97. The smallest absolute Gasteiger partial charge is 0.237 e. The molecule has 0 saturated heterocycles. The van der Waals surface area contributed by atoms with Gasteiger partial charge in [-0.15, -0.1) is 0 Å². The van der Waals surface area contributed by atoms with Gasteiger partial charge in [-0.1, -0.05) is 25.5 Å². The van der Waals surface area contributed by atoms with Gasteiger partial charge in [0.05, 0.1) is 5.69 Å². The molecule has 4 nitrogen and oxygen atoms in total. The number of amides is 1. The van der Waals surface area contributed by atoms with Gasteiger partial charge in [0.15, 0.2) is 0 Å². The molecule has 136 valence electrons. The number of nitrogens with one attached hydrogen (secondary N) is 1. The molecule has 1 heterocycles. The zero-order chi connectivity index (χ0) is 18.5. The summed E-state index contributed by atoms with van der Waals surface area (Å²) in [5.74, 6) is -0.325. The van der Waals surface area contributed by atoms with Crippen LogP contribution in [0.25, 0.3) is 0 Å². The van der Waals surface area contributed by atoms with Crippen LogP contribution in [-0.2, 0) is 4.79 Å².